The summed E-state index contributed by atoms with van der Waals surface area (Å²) in [4.78, 5) is 25.3. The van der Waals surface area contributed by atoms with E-state index in [1.54, 1.807) is 0 Å². The van der Waals surface area contributed by atoms with Gasteiger partial charge in [0.25, 0.3) is 11.8 Å². The second-order valence-electron chi connectivity index (χ2n) is 6.23. The minimum Gasteiger partial charge on any atom is -0.326 e. The van der Waals surface area contributed by atoms with Crippen LogP contribution in [0.5, 0.6) is 0 Å². The van der Waals surface area contributed by atoms with E-state index in [1.165, 1.54) is 5.01 Å². The Balaban J connectivity index is 1.77. The van der Waals surface area contributed by atoms with E-state index in [4.69, 9.17) is 10.3 Å². The highest BCUT2D eigenvalue weighted by atomic mass is 32.3. The smallest absolute Gasteiger partial charge is 0.326 e. The SMILES string of the molecule is NC1CCN(NC(=O)C2CC(F)(F)C3CN2C(=O)N3OS(=O)(=O)O)C1. The zero-order valence-electron chi connectivity index (χ0n) is 12.8. The molecule has 0 spiro atoms. The van der Waals surface area contributed by atoms with Gasteiger partial charge in [0.1, 0.15) is 12.1 Å². The summed E-state index contributed by atoms with van der Waals surface area (Å²) in [5.74, 6) is -4.41. The minimum absolute atomic E-state index is 0.103. The third kappa shape index (κ3) is 3.52. The van der Waals surface area contributed by atoms with Crippen LogP contribution in [0.2, 0.25) is 0 Å². The molecule has 0 aromatic heterocycles. The topological polar surface area (TPSA) is 146 Å². The summed E-state index contributed by atoms with van der Waals surface area (Å²) in [6.07, 6.45) is -0.373. The zero-order chi connectivity index (χ0) is 18.6. The van der Waals surface area contributed by atoms with Crippen LogP contribution in [0, 0.1) is 0 Å². The number of carbonyl (C=O) groups excluding carboxylic acids is 2. The maximum Gasteiger partial charge on any atom is 0.418 e. The van der Waals surface area contributed by atoms with E-state index >= 15 is 0 Å². The standard InChI is InChI=1S/C11H17F2N5O6S/c12-11(13)3-7(9(19)15-16-2-1-6(14)4-16)17-5-8(11)18(10(17)20)24-25(21,22)23/h6-8H,1-5,14H2,(H,15,19)(H,21,22,23). The number of hydroxylamine groups is 2. The molecular formula is C11H17F2N5O6S. The summed E-state index contributed by atoms with van der Waals surface area (Å²) in [7, 11) is -5.17. The molecule has 0 radical (unpaired) electrons. The van der Waals surface area contributed by atoms with Crippen molar-refractivity contribution in [2.24, 2.45) is 5.73 Å². The van der Waals surface area contributed by atoms with Gasteiger partial charge in [0.05, 0.1) is 6.54 Å². The van der Waals surface area contributed by atoms with Gasteiger partial charge in [-0.3, -0.25) is 14.8 Å². The van der Waals surface area contributed by atoms with E-state index in [-0.39, 0.29) is 11.1 Å². The second kappa shape index (κ2) is 5.98. The van der Waals surface area contributed by atoms with Crippen molar-refractivity contribution in [1.29, 1.82) is 0 Å². The van der Waals surface area contributed by atoms with Crippen LogP contribution in [0.1, 0.15) is 12.8 Å². The zero-order valence-corrected chi connectivity index (χ0v) is 13.7. The third-order valence-corrected chi connectivity index (χ3v) is 4.74. The van der Waals surface area contributed by atoms with Crippen LogP contribution in [-0.4, -0.2) is 83.6 Å². The van der Waals surface area contributed by atoms with Crippen LogP contribution in [0.15, 0.2) is 0 Å². The van der Waals surface area contributed by atoms with Gasteiger partial charge >= 0.3 is 16.4 Å². The fraction of sp³-hybridized carbons (Fsp3) is 0.818. The molecule has 2 bridgehead atoms. The van der Waals surface area contributed by atoms with Gasteiger partial charge < -0.3 is 10.6 Å². The molecule has 3 aliphatic rings. The number of piperidine rings is 1. The fourth-order valence-corrected chi connectivity index (χ4v) is 3.58. The van der Waals surface area contributed by atoms with E-state index < -0.39 is 53.3 Å². The molecule has 3 aliphatic heterocycles. The first-order valence-corrected chi connectivity index (χ1v) is 8.80. The molecule has 11 nitrogen and oxygen atoms in total. The highest BCUT2D eigenvalue weighted by Gasteiger charge is 2.62. The van der Waals surface area contributed by atoms with Crippen LogP contribution in [-0.2, 0) is 19.5 Å². The number of nitrogens with two attached hydrogens (primary N) is 1. The Labute approximate surface area is 141 Å². The maximum atomic E-state index is 14.3. The molecule has 0 aromatic carbocycles. The van der Waals surface area contributed by atoms with Crippen molar-refractivity contribution in [1.82, 2.24) is 20.4 Å². The van der Waals surface area contributed by atoms with Crippen LogP contribution in [0.4, 0.5) is 13.6 Å². The van der Waals surface area contributed by atoms with Crippen molar-refractivity contribution >= 4 is 22.3 Å². The Bertz CT molecular complexity index is 690. The van der Waals surface area contributed by atoms with Gasteiger partial charge in [-0.25, -0.2) is 18.6 Å². The van der Waals surface area contributed by atoms with Gasteiger partial charge in [0.15, 0.2) is 0 Å². The molecule has 3 fully saturated rings. The molecule has 3 saturated heterocycles. The Morgan fingerprint density at radius 1 is 1.40 bits per heavy atom. The Morgan fingerprint density at radius 2 is 2.08 bits per heavy atom. The van der Waals surface area contributed by atoms with E-state index in [1.807, 2.05) is 0 Å². The van der Waals surface area contributed by atoms with Crippen LogP contribution >= 0.6 is 0 Å². The molecule has 142 valence electrons. The van der Waals surface area contributed by atoms with Gasteiger partial charge in [0.2, 0.25) is 0 Å². The van der Waals surface area contributed by atoms with Crippen molar-refractivity contribution < 1.29 is 35.6 Å². The number of urea groups is 1. The van der Waals surface area contributed by atoms with Gasteiger partial charge in [-0.05, 0) is 6.42 Å². The summed E-state index contributed by atoms with van der Waals surface area (Å²) in [5.41, 5.74) is 8.14. The lowest BCUT2D eigenvalue weighted by Crippen LogP contribution is -2.58. The van der Waals surface area contributed by atoms with E-state index in [2.05, 4.69) is 9.71 Å². The number of nitrogens with zero attached hydrogens (tertiary/aromatic N) is 3. The fourth-order valence-electron chi connectivity index (χ4n) is 3.21. The number of amides is 3. The molecule has 25 heavy (non-hydrogen) atoms. The van der Waals surface area contributed by atoms with Crippen molar-refractivity contribution in [3.05, 3.63) is 0 Å². The van der Waals surface area contributed by atoms with Crippen molar-refractivity contribution in [3.63, 3.8) is 0 Å². The number of rotatable bonds is 4. The average Bonchev–Trinajstić information content (AvgIpc) is 2.99. The maximum absolute atomic E-state index is 14.3. The number of nitrogens with one attached hydrogen (secondary N) is 1. The normalized spacial score (nSPS) is 32.3. The number of alkyl halides is 2. The molecule has 0 aliphatic carbocycles. The van der Waals surface area contributed by atoms with Crippen molar-refractivity contribution in [3.8, 4) is 0 Å². The quantitative estimate of drug-likeness (QED) is 0.486. The summed E-state index contributed by atoms with van der Waals surface area (Å²) in [5, 5.41) is 1.37. The Morgan fingerprint density at radius 3 is 2.64 bits per heavy atom. The first-order valence-electron chi connectivity index (χ1n) is 7.43. The summed E-state index contributed by atoms with van der Waals surface area (Å²) < 4.78 is 62.8. The number of fused-ring (bicyclic) bond motifs is 2. The first kappa shape index (κ1) is 18.2. The van der Waals surface area contributed by atoms with E-state index in [9.17, 15) is 26.8 Å². The molecule has 14 heteroatoms. The minimum atomic E-state index is -5.17. The monoisotopic (exact) mass is 385 g/mol. The molecule has 3 unspecified atom stereocenters. The predicted molar refractivity (Wildman–Crippen MR) is 76.0 cm³/mol. The second-order valence-corrected chi connectivity index (χ2v) is 7.24. The number of halogens is 2. The van der Waals surface area contributed by atoms with Gasteiger partial charge in [-0.2, -0.15) is 13.5 Å². The molecule has 0 aromatic rings. The summed E-state index contributed by atoms with van der Waals surface area (Å²) in [6.45, 7) is 0.187. The van der Waals surface area contributed by atoms with Crippen molar-refractivity contribution in [2.75, 3.05) is 19.6 Å². The molecular weight excluding hydrogens is 368 g/mol. The largest absolute Gasteiger partial charge is 0.418 e. The highest BCUT2D eigenvalue weighted by Crippen LogP contribution is 2.41. The Kier molecular flexibility index (Phi) is 4.35. The molecule has 3 heterocycles. The van der Waals surface area contributed by atoms with Gasteiger partial charge in [-0.1, -0.05) is 0 Å². The van der Waals surface area contributed by atoms with E-state index in [0.717, 1.165) is 4.90 Å². The molecule has 3 rings (SSSR count). The molecule has 3 atom stereocenters. The number of carbonyl (C=O) groups is 2. The molecule has 3 amide bonds. The van der Waals surface area contributed by atoms with Crippen LogP contribution < -0.4 is 11.2 Å². The lowest BCUT2D eigenvalue weighted by molar-refractivity contribution is -0.155. The Hall–Kier alpha value is -1.61. The van der Waals surface area contributed by atoms with Crippen LogP contribution in [0.3, 0.4) is 0 Å². The predicted octanol–water partition coefficient (Wildman–Crippen LogP) is -1.70. The van der Waals surface area contributed by atoms with Gasteiger partial charge in [-0.15, -0.1) is 4.28 Å². The third-order valence-electron chi connectivity index (χ3n) is 4.39. The van der Waals surface area contributed by atoms with Gasteiger partial charge in [0, 0.05) is 25.6 Å². The highest BCUT2D eigenvalue weighted by molar-refractivity contribution is 7.80. The summed E-state index contributed by atoms with van der Waals surface area (Å²) >= 11 is 0. The lowest BCUT2D eigenvalue weighted by atomic mass is 9.96. The van der Waals surface area contributed by atoms with E-state index in [0.29, 0.717) is 19.5 Å². The molecule has 4 N–H and O–H groups in total. The average molecular weight is 385 g/mol. The lowest BCUT2D eigenvalue weighted by Gasteiger charge is -2.35. The van der Waals surface area contributed by atoms with Crippen LogP contribution in [0.25, 0.3) is 0 Å². The summed E-state index contributed by atoms with van der Waals surface area (Å²) in [6, 6.07) is -4.82. The first-order chi connectivity index (χ1) is 11.5. The number of hydrogen-bond acceptors (Lipinski definition) is 7. The molecule has 0 saturated carbocycles. The van der Waals surface area contributed by atoms with Crippen molar-refractivity contribution in [2.45, 2.75) is 36.9 Å². The number of hydrogen-bond donors (Lipinski definition) is 3. The number of hydrazine groups is 1.